The molecular formula is C20H18N2O4. The van der Waals surface area contributed by atoms with Crippen molar-refractivity contribution in [2.24, 2.45) is 0 Å². The van der Waals surface area contributed by atoms with Crippen molar-refractivity contribution in [3.63, 3.8) is 0 Å². The van der Waals surface area contributed by atoms with Gasteiger partial charge in [0.25, 0.3) is 5.91 Å². The molecule has 0 saturated heterocycles. The van der Waals surface area contributed by atoms with E-state index in [2.05, 4.69) is 10.3 Å². The Balaban J connectivity index is 2.12. The minimum atomic E-state index is -1.09. The Kier molecular flexibility index (Phi) is 4.84. The van der Waals surface area contributed by atoms with E-state index in [9.17, 15) is 9.59 Å². The largest absolute Gasteiger partial charge is 0.497 e. The molecule has 1 amide bonds. The lowest BCUT2D eigenvalue weighted by Gasteiger charge is -2.13. The molecule has 26 heavy (non-hydrogen) atoms. The van der Waals surface area contributed by atoms with Gasteiger partial charge in [0.05, 0.1) is 23.9 Å². The smallest absolute Gasteiger partial charge is 0.325 e. The van der Waals surface area contributed by atoms with Crippen LogP contribution in [0.4, 0.5) is 0 Å². The van der Waals surface area contributed by atoms with Crippen LogP contribution in [-0.4, -0.2) is 35.1 Å². The van der Waals surface area contributed by atoms with Crippen LogP contribution in [0.15, 0.2) is 54.6 Å². The molecule has 0 aliphatic heterocycles. The molecule has 0 spiro atoms. The summed E-state index contributed by atoms with van der Waals surface area (Å²) in [5.74, 6) is -0.865. The molecule has 0 fully saturated rings. The highest BCUT2D eigenvalue weighted by atomic mass is 16.5. The van der Waals surface area contributed by atoms with Gasteiger partial charge >= 0.3 is 5.97 Å². The number of para-hydroxylation sites is 1. The summed E-state index contributed by atoms with van der Waals surface area (Å²) in [6, 6.07) is 15.3. The van der Waals surface area contributed by atoms with E-state index < -0.39 is 17.9 Å². The molecule has 0 radical (unpaired) electrons. The van der Waals surface area contributed by atoms with E-state index >= 15 is 0 Å². The highest BCUT2D eigenvalue weighted by Crippen LogP contribution is 2.27. The van der Waals surface area contributed by atoms with Crippen molar-refractivity contribution in [2.45, 2.75) is 13.0 Å². The number of pyridine rings is 1. The summed E-state index contributed by atoms with van der Waals surface area (Å²) >= 11 is 0. The normalized spacial score (nSPS) is 11.8. The zero-order valence-corrected chi connectivity index (χ0v) is 14.4. The van der Waals surface area contributed by atoms with Crippen LogP contribution in [0.25, 0.3) is 22.2 Å². The van der Waals surface area contributed by atoms with Crippen LogP contribution < -0.4 is 10.1 Å². The average molecular weight is 350 g/mol. The molecular weight excluding hydrogens is 332 g/mol. The number of hydrogen-bond donors (Lipinski definition) is 2. The highest BCUT2D eigenvalue weighted by molar-refractivity contribution is 6.08. The number of nitrogens with zero attached hydrogens (tertiary/aromatic N) is 1. The van der Waals surface area contributed by atoms with Crippen molar-refractivity contribution in [1.82, 2.24) is 10.3 Å². The van der Waals surface area contributed by atoms with Crippen molar-refractivity contribution < 1.29 is 19.4 Å². The number of aromatic nitrogens is 1. The summed E-state index contributed by atoms with van der Waals surface area (Å²) < 4.78 is 5.25. The second kappa shape index (κ2) is 7.23. The summed E-state index contributed by atoms with van der Waals surface area (Å²) in [6.45, 7) is 1.42. The number of methoxy groups -OCH3 is 1. The SMILES string of the molecule is COc1cccc(-c2cc(C(=O)N[C@H](C)C(=O)O)c3ccccc3n2)c1. The standard InChI is InChI=1S/C20H18N2O4/c1-12(20(24)25)21-19(23)16-11-18(13-6-5-7-14(10-13)26-2)22-17-9-4-3-8-15(16)17/h3-12H,1-2H3,(H,21,23)(H,24,25)/t12-/m1/s1. The van der Waals surface area contributed by atoms with Crippen LogP contribution in [0.2, 0.25) is 0 Å². The second-order valence-corrected chi connectivity index (χ2v) is 5.84. The average Bonchev–Trinajstić information content (AvgIpc) is 2.66. The molecule has 6 nitrogen and oxygen atoms in total. The molecule has 0 unspecified atom stereocenters. The molecule has 0 aliphatic carbocycles. The number of fused-ring (bicyclic) bond motifs is 1. The first-order valence-corrected chi connectivity index (χ1v) is 8.07. The molecule has 0 saturated carbocycles. The van der Waals surface area contributed by atoms with Gasteiger partial charge in [0.15, 0.2) is 0 Å². The van der Waals surface area contributed by atoms with Gasteiger partial charge in [-0.05, 0) is 31.2 Å². The second-order valence-electron chi connectivity index (χ2n) is 5.84. The Morgan fingerprint density at radius 2 is 1.88 bits per heavy atom. The maximum absolute atomic E-state index is 12.7. The third kappa shape index (κ3) is 3.49. The zero-order chi connectivity index (χ0) is 18.7. The van der Waals surface area contributed by atoms with Crippen LogP contribution in [0.5, 0.6) is 5.75 Å². The lowest BCUT2D eigenvalue weighted by molar-refractivity contribution is -0.138. The summed E-state index contributed by atoms with van der Waals surface area (Å²) in [5, 5.41) is 12.2. The minimum Gasteiger partial charge on any atom is -0.497 e. The van der Waals surface area contributed by atoms with Crippen LogP contribution in [0.3, 0.4) is 0 Å². The van der Waals surface area contributed by atoms with E-state index in [0.29, 0.717) is 27.9 Å². The summed E-state index contributed by atoms with van der Waals surface area (Å²) in [5.41, 5.74) is 2.44. The molecule has 0 aliphatic rings. The number of benzene rings is 2. The van der Waals surface area contributed by atoms with Crippen LogP contribution in [0, 0.1) is 0 Å². The molecule has 3 rings (SSSR count). The summed E-state index contributed by atoms with van der Waals surface area (Å²) in [4.78, 5) is 28.3. The Hall–Kier alpha value is -3.41. The number of carboxylic acids is 1. The first-order valence-electron chi connectivity index (χ1n) is 8.07. The van der Waals surface area contributed by atoms with Crippen molar-refractivity contribution in [2.75, 3.05) is 7.11 Å². The lowest BCUT2D eigenvalue weighted by Crippen LogP contribution is -2.38. The molecule has 132 valence electrons. The third-order valence-corrected chi connectivity index (χ3v) is 4.04. The fourth-order valence-corrected chi connectivity index (χ4v) is 2.63. The zero-order valence-electron chi connectivity index (χ0n) is 14.4. The van der Waals surface area contributed by atoms with Gasteiger partial charge in [0.1, 0.15) is 11.8 Å². The first-order chi connectivity index (χ1) is 12.5. The Labute approximate surface area is 150 Å². The maximum Gasteiger partial charge on any atom is 0.325 e. The number of aliphatic carboxylic acids is 1. The van der Waals surface area contributed by atoms with E-state index in [1.165, 1.54) is 6.92 Å². The molecule has 6 heteroatoms. The summed E-state index contributed by atoms with van der Waals surface area (Å²) in [7, 11) is 1.58. The van der Waals surface area contributed by atoms with Gasteiger partial charge < -0.3 is 15.2 Å². The molecule has 2 aromatic carbocycles. The van der Waals surface area contributed by atoms with Gasteiger partial charge in [-0.15, -0.1) is 0 Å². The number of rotatable bonds is 5. The van der Waals surface area contributed by atoms with Crippen molar-refractivity contribution in [3.05, 3.63) is 60.2 Å². The number of carboxylic acid groups (broad SMARTS) is 1. The number of hydrogen-bond acceptors (Lipinski definition) is 4. The van der Waals surface area contributed by atoms with E-state index in [1.54, 1.807) is 19.2 Å². The number of carbonyl (C=O) groups is 2. The Morgan fingerprint density at radius 1 is 1.12 bits per heavy atom. The fraction of sp³-hybridized carbons (Fsp3) is 0.150. The van der Waals surface area contributed by atoms with E-state index in [1.807, 2.05) is 42.5 Å². The maximum atomic E-state index is 12.7. The van der Waals surface area contributed by atoms with Gasteiger partial charge in [0, 0.05) is 10.9 Å². The molecule has 3 aromatic rings. The molecule has 0 bridgehead atoms. The third-order valence-electron chi connectivity index (χ3n) is 4.04. The topological polar surface area (TPSA) is 88.5 Å². The van der Waals surface area contributed by atoms with Gasteiger partial charge in [0.2, 0.25) is 0 Å². The number of nitrogens with one attached hydrogen (secondary N) is 1. The molecule has 1 atom stereocenters. The van der Waals surface area contributed by atoms with E-state index in [0.717, 1.165) is 5.56 Å². The van der Waals surface area contributed by atoms with Gasteiger partial charge in [-0.25, -0.2) is 4.98 Å². The monoisotopic (exact) mass is 350 g/mol. The minimum absolute atomic E-state index is 0.376. The molecule has 1 heterocycles. The van der Waals surface area contributed by atoms with Crippen molar-refractivity contribution in [1.29, 1.82) is 0 Å². The fourth-order valence-electron chi connectivity index (χ4n) is 2.63. The predicted molar refractivity (Wildman–Crippen MR) is 98.3 cm³/mol. The van der Waals surface area contributed by atoms with E-state index in [-0.39, 0.29) is 0 Å². The van der Waals surface area contributed by atoms with Crippen LogP contribution >= 0.6 is 0 Å². The Bertz CT molecular complexity index is 984. The first kappa shape index (κ1) is 17.4. The summed E-state index contributed by atoms with van der Waals surface area (Å²) in [6.07, 6.45) is 0. The molecule has 2 N–H and O–H groups in total. The van der Waals surface area contributed by atoms with E-state index in [4.69, 9.17) is 9.84 Å². The van der Waals surface area contributed by atoms with Gasteiger partial charge in [-0.3, -0.25) is 9.59 Å². The lowest BCUT2D eigenvalue weighted by atomic mass is 10.0. The number of carbonyl (C=O) groups excluding carboxylic acids is 1. The quantitative estimate of drug-likeness (QED) is 0.738. The number of amides is 1. The number of ether oxygens (including phenoxy) is 1. The van der Waals surface area contributed by atoms with Gasteiger partial charge in [-0.2, -0.15) is 0 Å². The highest BCUT2D eigenvalue weighted by Gasteiger charge is 2.18. The van der Waals surface area contributed by atoms with Gasteiger partial charge in [-0.1, -0.05) is 30.3 Å². The molecule has 1 aromatic heterocycles. The Morgan fingerprint density at radius 3 is 2.62 bits per heavy atom. The van der Waals surface area contributed by atoms with Crippen molar-refractivity contribution in [3.8, 4) is 17.0 Å². The predicted octanol–water partition coefficient (Wildman–Crippen LogP) is 3.11. The van der Waals surface area contributed by atoms with Crippen LogP contribution in [0.1, 0.15) is 17.3 Å². The van der Waals surface area contributed by atoms with Crippen LogP contribution in [-0.2, 0) is 4.79 Å². The van der Waals surface area contributed by atoms with Crippen molar-refractivity contribution >= 4 is 22.8 Å².